The number of nitrogens with zero attached hydrogens (tertiary/aromatic N) is 2. The van der Waals surface area contributed by atoms with Crippen LogP contribution in [0.3, 0.4) is 0 Å². The van der Waals surface area contributed by atoms with E-state index in [2.05, 4.69) is 74.0 Å². The number of benzene rings is 1. The van der Waals surface area contributed by atoms with Crippen LogP contribution in [0.25, 0.3) is 10.2 Å². The lowest BCUT2D eigenvalue weighted by Gasteiger charge is -2.42. The minimum absolute atomic E-state index is 0.129. The summed E-state index contributed by atoms with van der Waals surface area (Å²) in [7, 11) is 3.28. The van der Waals surface area contributed by atoms with E-state index in [0.717, 1.165) is 72.2 Å². The van der Waals surface area contributed by atoms with Crippen LogP contribution in [0.2, 0.25) is 0 Å². The Hall–Kier alpha value is -3.68. The Kier molecular flexibility index (Phi) is 16.9. The number of ether oxygens (including phenoxy) is 3. The number of aromatic nitrogens is 2. The molecule has 0 spiro atoms. The molecule has 3 aromatic rings. The third-order valence-corrected chi connectivity index (χ3v) is 11.0. The van der Waals surface area contributed by atoms with Crippen LogP contribution in [-0.2, 0) is 4.74 Å². The fourth-order valence-corrected chi connectivity index (χ4v) is 7.25. The molecule has 1 saturated carbocycles. The maximum absolute atomic E-state index is 13.8. The maximum Gasteiger partial charge on any atom is 0.261 e. The second kappa shape index (κ2) is 20.5. The molecule has 52 heavy (non-hydrogen) atoms. The highest BCUT2D eigenvalue weighted by Gasteiger charge is 2.38. The predicted octanol–water partition coefficient (Wildman–Crippen LogP) is 9.87. The van der Waals surface area contributed by atoms with E-state index < -0.39 is 5.91 Å². The molecule has 2 aromatic heterocycles. The van der Waals surface area contributed by atoms with Gasteiger partial charge < -0.3 is 24.8 Å². The van der Waals surface area contributed by atoms with Crippen molar-refractivity contribution in [3.05, 3.63) is 40.5 Å². The second-order valence-corrected chi connectivity index (χ2v) is 16.0. The number of amides is 2. The number of hydrogen-bond acceptors (Lipinski definition) is 8. The summed E-state index contributed by atoms with van der Waals surface area (Å²) < 4.78 is 17.1. The topological polar surface area (TPSA) is 112 Å². The smallest absolute Gasteiger partial charge is 0.261 e. The van der Waals surface area contributed by atoms with Crippen molar-refractivity contribution in [1.82, 2.24) is 15.3 Å². The molecular weight excluding hydrogens is 673 g/mol. The number of rotatable bonds is 16. The van der Waals surface area contributed by atoms with E-state index in [1.54, 1.807) is 19.2 Å². The van der Waals surface area contributed by atoms with Gasteiger partial charge >= 0.3 is 0 Å². The summed E-state index contributed by atoms with van der Waals surface area (Å²) in [6.45, 7) is 20.1. The average molecular weight is 735 g/mol. The maximum atomic E-state index is 13.8. The van der Waals surface area contributed by atoms with Gasteiger partial charge in [0, 0.05) is 37.7 Å². The van der Waals surface area contributed by atoms with Crippen LogP contribution in [0.1, 0.15) is 132 Å². The van der Waals surface area contributed by atoms with Crippen LogP contribution in [0.15, 0.2) is 24.4 Å². The van der Waals surface area contributed by atoms with Crippen LogP contribution in [0, 0.1) is 42.4 Å². The Morgan fingerprint density at radius 3 is 2.35 bits per heavy atom. The SMILES string of the molecule is CCC(C)C#CCCC1(NC(=O)c2cc(OC)ncc2NC(=O)c2c(OC(C)C)ccc3nc(C)sc23)CCC1.CCC(C)C(C)CC(C)COC. The van der Waals surface area contributed by atoms with Gasteiger partial charge in [-0.05, 0) is 89.2 Å². The van der Waals surface area contributed by atoms with Gasteiger partial charge in [-0.25, -0.2) is 9.97 Å². The molecule has 0 saturated heterocycles. The van der Waals surface area contributed by atoms with Gasteiger partial charge in [-0.15, -0.1) is 23.2 Å². The first-order valence-electron chi connectivity index (χ1n) is 19.0. The van der Waals surface area contributed by atoms with Gasteiger partial charge in [-0.2, -0.15) is 0 Å². The second-order valence-electron chi connectivity index (χ2n) is 14.8. The van der Waals surface area contributed by atoms with Gasteiger partial charge in [0.2, 0.25) is 5.88 Å². The standard InChI is InChI=1S/C31H38N4O4S.C11H24O/c1-7-20(4)11-8-9-14-31(15-10-16-31)35-29(36)22-17-26(38-6)32-18-24(22)34-30(37)27-25(39-19(2)3)13-12-23-28(27)40-21(5)33-23;1-6-10(3)11(4)7-9(2)8-12-5/h12-13,17-20H,7,9-10,14-16H2,1-6H3,(H,34,37)(H,35,36);9-11H,6-8H2,1-5H3. The summed E-state index contributed by atoms with van der Waals surface area (Å²) in [5.41, 5.74) is 1.38. The highest BCUT2D eigenvalue weighted by Crippen LogP contribution is 2.37. The van der Waals surface area contributed by atoms with Crippen LogP contribution < -0.4 is 20.1 Å². The van der Waals surface area contributed by atoms with Crippen molar-refractivity contribution >= 4 is 39.1 Å². The highest BCUT2D eigenvalue weighted by atomic mass is 32.1. The molecule has 1 aliphatic rings. The van der Waals surface area contributed by atoms with Gasteiger partial charge in [0.05, 0.1) is 45.9 Å². The number of thiazole rings is 1. The quantitative estimate of drug-likeness (QED) is 0.141. The minimum atomic E-state index is -0.399. The molecule has 286 valence electrons. The van der Waals surface area contributed by atoms with E-state index in [0.29, 0.717) is 28.8 Å². The minimum Gasteiger partial charge on any atom is -0.490 e. The number of aryl methyl sites for hydroxylation is 1. The van der Waals surface area contributed by atoms with Crippen molar-refractivity contribution in [2.24, 2.45) is 23.7 Å². The first-order chi connectivity index (χ1) is 24.8. The zero-order valence-electron chi connectivity index (χ0n) is 33.4. The molecule has 1 aromatic carbocycles. The van der Waals surface area contributed by atoms with Crippen LogP contribution in [0.5, 0.6) is 11.6 Å². The molecular formula is C42H62N4O5S. The van der Waals surface area contributed by atoms with E-state index in [1.165, 1.54) is 37.5 Å². The van der Waals surface area contributed by atoms with Crippen molar-refractivity contribution in [1.29, 1.82) is 0 Å². The lowest BCUT2D eigenvalue weighted by molar-refractivity contribution is 0.0815. The Balaban J connectivity index is 0.000000521. The fraction of sp³-hybridized carbons (Fsp3) is 0.619. The first kappa shape index (κ1) is 42.7. The molecule has 0 bridgehead atoms. The van der Waals surface area contributed by atoms with E-state index in [1.807, 2.05) is 26.8 Å². The predicted molar refractivity (Wildman–Crippen MR) is 214 cm³/mol. The number of hydrogen-bond donors (Lipinski definition) is 2. The van der Waals surface area contributed by atoms with Crippen LogP contribution >= 0.6 is 11.3 Å². The Morgan fingerprint density at radius 2 is 1.75 bits per heavy atom. The number of anilines is 1. The molecule has 0 radical (unpaired) electrons. The first-order valence-corrected chi connectivity index (χ1v) is 19.8. The largest absolute Gasteiger partial charge is 0.490 e. The normalized spacial score (nSPS) is 15.5. The van der Waals surface area contributed by atoms with E-state index in [4.69, 9.17) is 14.2 Å². The van der Waals surface area contributed by atoms with Crippen molar-refractivity contribution in [3.8, 4) is 23.5 Å². The molecule has 1 aliphatic carbocycles. The zero-order chi connectivity index (χ0) is 38.4. The Morgan fingerprint density at radius 1 is 1.02 bits per heavy atom. The third-order valence-electron chi connectivity index (χ3n) is 10.0. The summed E-state index contributed by atoms with van der Waals surface area (Å²) in [5, 5.41) is 7.02. The number of fused-ring (bicyclic) bond motifs is 1. The molecule has 4 unspecified atom stereocenters. The third kappa shape index (κ3) is 12.2. The summed E-state index contributed by atoms with van der Waals surface area (Å²) in [6, 6.07) is 5.18. The Labute approximate surface area is 316 Å². The average Bonchev–Trinajstić information content (AvgIpc) is 3.48. The monoisotopic (exact) mass is 734 g/mol. The summed E-state index contributed by atoms with van der Waals surface area (Å²) >= 11 is 1.43. The van der Waals surface area contributed by atoms with E-state index in [-0.39, 0.29) is 29.0 Å². The van der Waals surface area contributed by atoms with Gasteiger partial charge in [-0.1, -0.05) is 48.0 Å². The molecule has 10 heteroatoms. The molecule has 0 aliphatic heterocycles. The lowest BCUT2D eigenvalue weighted by atomic mass is 9.73. The van der Waals surface area contributed by atoms with Crippen molar-refractivity contribution in [3.63, 3.8) is 0 Å². The summed E-state index contributed by atoms with van der Waals surface area (Å²) in [6.07, 6.45) is 9.30. The molecule has 9 nitrogen and oxygen atoms in total. The molecule has 4 rings (SSSR count). The van der Waals surface area contributed by atoms with Crippen molar-refractivity contribution in [2.75, 3.05) is 26.1 Å². The molecule has 4 atom stereocenters. The summed E-state index contributed by atoms with van der Waals surface area (Å²) in [5.74, 6) is 9.39. The molecule has 2 amide bonds. The van der Waals surface area contributed by atoms with Gasteiger partial charge in [0.25, 0.3) is 11.8 Å². The Bertz CT molecular complexity index is 1670. The number of nitrogens with one attached hydrogen (secondary N) is 2. The number of methoxy groups -OCH3 is 2. The van der Waals surface area contributed by atoms with E-state index >= 15 is 0 Å². The van der Waals surface area contributed by atoms with E-state index in [9.17, 15) is 9.59 Å². The number of carbonyl (C=O) groups excluding carboxylic acids is 2. The molecule has 2 heterocycles. The van der Waals surface area contributed by atoms with Crippen LogP contribution in [0.4, 0.5) is 5.69 Å². The van der Waals surface area contributed by atoms with Crippen molar-refractivity contribution in [2.45, 2.75) is 125 Å². The molecule has 1 fully saturated rings. The fourth-order valence-electron chi connectivity index (χ4n) is 6.29. The lowest BCUT2D eigenvalue weighted by Crippen LogP contribution is -2.53. The van der Waals surface area contributed by atoms with Crippen molar-refractivity contribution < 1.29 is 23.8 Å². The van der Waals surface area contributed by atoms with Crippen LogP contribution in [-0.4, -0.2) is 54.3 Å². The number of carbonyl (C=O) groups is 2. The van der Waals surface area contributed by atoms with Gasteiger partial charge in [-0.3, -0.25) is 9.59 Å². The van der Waals surface area contributed by atoms with Gasteiger partial charge in [0.1, 0.15) is 11.3 Å². The highest BCUT2D eigenvalue weighted by molar-refractivity contribution is 7.19. The summed E-state index contributed by atoms with van der Waals surface area (Å²) in [4.78, 5) is 36.2. The zero-order valence-corrected chi connectivity index (χ0v) is 34.2. The van der Waals surface area contributed by atoms with Gasteiger partial charge in [0.15, 0.2) is 0 Å². The molecule has 2 N–H and O–H groups in total. The number of pyridine rings is 1.